The zero-order valence-electron chi connectivity index (χ0n) is 19.7. The number of nitrogens with zero attached hydrogens (tertiary/aromatic N) is 1. The third-order valence-corrected chi connectivity index (χ3v) is 9.44. The van der Waals surface area contributed by atoms with Crippen LogP contribution in [0.5, 0.6) is 0 Å². The molecule has 1 amide bonds. The van der Waals surface area contributed by atoms with Crippen molar-refractivity contribution in [2.45, 2.75) is 83.2 Å². The van der Waals surface area contributed by atoms with Crippen LogP contribution in [0.25, 0.3) is 0 Å². The molecule has 4 unspecified atom stereocenters. The molecule has 6 rings (SSSR count). The first kappa shape index (κ1) is 22.3. The number of hydrogen-bond donors (Lipinski definition) is 2. The smallest absolute Gasteiger partial charge is 0.249 e. The molecular weight excluding hydrogens is 414 g/mol. The van der Waals surface area contributed by atoms with Gasteiger partial charge in [0.1, 0.15) is 6.04 Å². The van der Waals surface area contributed by atoms with Crippen LogP contribution in [0.2, 0.25) is 0 Å². The highest BCUT2D eigenvalue weighted by Gasteiger charge is 2.57. The van der Waals surface area contributed by atoms with E-state index < -0.39 is 6.04 Å². The van der Waals surface area contributed by atoms with E-state index in [1.807, 2.05) is 30.3 Å². The van der Waals surface area contributed by atoms with Gasteiger partial charge < -0.3 is 5.32 Å². The number of amides is 1. The summed E-state index contributed by atoms with van der Waals surface area (Å²) in [5.41, 5.74) is 4.66. The molecule has 1 aromatic rings. The van der Waals surface area contributed by atoms with E-state index in [2.05, 4.69) is 29.8 Å². The molecule has 5 heteroatoms. The summed E-state index contributed by atoms with van der Waals surface area (Å²) in [7, 11) is 1.93. The minimum Gasteiger partial charge on any atom is -0.351 e. The van der Waals surface area contributed by atoms with E-state index in [-0.39, 0.29) is 17.4 Å². The highest BCUT2D eigenvalue weighted by molar-refractivity contribution is 7.80. The predicted octanol–water partition coefficient (Wildman–Crippen LogP) is 5.40. The van der Waals surface area contributed by atoms with Gasteiger partial charge in [0.05, 0.1) is 4.99 Å². The fourth-order valence-electron chi connectivity index (χ4n) is 8.04. The van der Waals surface area contributed by atoms with Gasteiger partial charge in [-0.1, -0.05) is 68.7 Å². The van der Waals surface area contributed by atoms with Crippen LogP contribution in [0.1, 0.15) is 82.7 Å². The van der Waals surface area contributed by atoms with Gasteiger partial charge in [-0.2, -0.15) is 0 Å². The van der Waals surface area contributed by atoms with Gasteiger partial charge in [0, 0.05) is 19.0 Å². The van der Waals surface area contributed by atoms with Gasteiger partial charge in [-0.25, -0.2) is 5.43 Å². The molecule has 0 radical (unpaired) electrons. The van der Waals surface area contributed by atoms with Crippen LogP contribution in [0.15, 0.2) is 30.3 Å². The van der Waals surface area contributed by atoms with Crippen LogP contribution in [-0.4, -0.2) is 29.0 Å². The van der Waals surface area contributed by atoms with Crippen LogP contribution < -0.4 is 10.7 Å². The second-order valence-corrected chi connectivity index (χ2v) is 11.7. The van der Waals surface area contributed by atoms with E-state index in [9.17, 15) is 4.79 Å². The summed E-state index contributed by atoms with van der Waals surface area (Å²) in [6.07, 6.45) is 12.5. The molecule has 174 valence electrons. The first-order valence-corrected chi connectivity index (χ1v) is 13.2. The molecule has 4 nitrogen and oxygen atoms in total. The van der Waals surface area contributed by atoms with E-state index in [1.54, 1.807) is 0 Å². The Morgan fingerprint density at radius 2 is 1.72 bits per heavy atom. The van der Waals surface area contributed by atoms with Crippen molar-refractivity contribution in [3.8, 4) is 0 Å². The molecular formula is C27H39N3OS. The number of hydrogen-bond acceptors (Lipinski definition) is 3. The van der Waals surface area contributed by atoms with E-state index in [1.165, 1.54) is 51.4 Å². The number of carbonyl (C=O) groups excluding carboxylic acids is 1. The van der Waals surface area contributed by atoms with E-state index in [0.29, 0.717) is 11.8 Å². The zero-order valence-corrected chi connectivity index (χ0v) is 20.5. The van der Waals surface area contributed by atoms with Crippen molar-refractivity contribution in [2.24, 2.45) is 29.1 Å². The van der Waals surface area contributed by atoms with Gasteiger partial charge in [0.15, 0.2) is 0 Å². The summed E-state index contributed by atoms with van der Waals surface area (Å²) in [6, 6.07) is 10.0. The number of carbonyl (C=O) groups is 1. The predicted molar refractivity (Wildman–Crippen MR) is 133 cm³/mol. The lowest BCUT2D eigenvalue weighted by molar-refractivity contribution is -0.127. The molecule has 0 aliphatic heterocycles. The minimum atomic E-state index is -0.434. The third-order valence-electron chi connectivity index (χ3n) is 8.99. The Kier molecular flexibility index (Phi) is 6.32. The minimum absolute atomic E-state index is 0.0776. The Balaban J connectivity index is 1.43. The van der Waals surface area contributed by atoms with Gasteiger partial charge in [-0.3, -0.25) is 9.80 Å². The van der Waals surface area contributed by atoms with Crippen molar-refractivity contribution in [3.63, 3.8) is 0 Å². The monoisotopic (exact) mass is 453 g/mol. The normalized spacial score (nSPS) is 34.8. The van der Waals surface area contributed by atoms with Gasteiger partial charge in [0.25, 0.3) is 0 Å². The van der Waals surface area contributed by atoms with Crippen molar-refractivity contribution >= 4 is 23.1 Å². The lowest BCUT2D eigenvalue weighted by Gasteiger charge is -2.61. The first-order valence-electron chi connectivity index (χ1n) is 12.8. The van der Waals surface area contributed by atoms with Crippen LogP contribution in [0, 0.1) is 29.1 Å². The highest BCUT2D eigenvalue weighted by atomic mass is 32.1. The van der Waals surface area contributed by atoms with E-state index in [0.717, 1.165) is 35.2 Å². The third kappa shape index (κ3) is 4.11. The highest BCUT2D eigenvalue weighted by Crippen LogP contribution is 2.63. The molecule has 5 aliphatic rings. The molecule has 0 spiro atoms. The SMILES string of the molecule is CNN(C(=S)C1C2CC3CC(C2)CC1(C)C3)C(C(=O)NC1CCCCC1)c1ccccc1. The summed E-state index contributed by atoms with van der Waals surface area (Å²) < 4.78 is 0. The summed E-state index contributed by atoms with van der Waals surface area (Å²) in [5.74, 6) is 2.91. The maximum absolute atomic E-state index is 13.7. The Morgan fingerprint density at radius 3 is 2.31 bits per heavy atom. The molecule has 1 aromatic carbocycles. The maximum Gasteiger partial charge on any atom is 0.249 e. The average molecular weight is 454 g/mol. The number of hydrazine groups is 1. The molecule has 4 bridgehead atoms. The standard InChI is InChI=1S/C27H39N3OS/c1-27-16-18-13-19(17-27)15-21(14-18)23(27)26(32)30(28-2)24(20-9-5-3-6-10-20)25(31)29-22-11-7-4-8-12-22/h3,5-6,9-10,18-19,21-24,28H,4,7-8,11-17H2,1-2H3,(H,29,31). The quantitative estimate of drug-likeness (QED) is 0.447. The molecule has 0 aromatic heterocycles. The second kappa shape index (κ2) is 9.06. The van der Waals surface area contributed by atoms with Crippen molar-refractivity contribution in [2.75, 3.05) is 7.05 Å². The number of benzene rings is 1. The van der Waals surface area contributed by atoms with Crippen LogP contribution in [0.4, 0.5) is 0 Å². The number of nitrogens with one attached hydrogen (secondary N) is 2. The second-order valence-electron chi connectivity index (χ2n) is 11.3. The lowest BCUT2D eigenvalue weighted by atomic mass is 9.45. The van der Waals surface area contributed by atoms with Crippen molar-refractivity contribution < 1.29 is 4.79 Å². The first-order chi connectivity index (χ1) is 15.5. The van der Waals surface area contributed by atoms with Crippen molar-refractivity contribution in [1.82, 2.24) is 15.8 Å². The fraction of sp³-hybridized carbons (Fsp3) is 0.704. The summed E-state index contributed by atoms with van der Waals surface area (Å²) in [4.78, 5) is 14.7. The van der Waals surface area contributed by atoms with Crippen LogP contribution in [0.3, 0.4) is 0 Å². The molecule has 4 atom stereocenters. The summed E-state index contributed by atoms with van der Waals surface area (Å²) in [5, 5.41) is 5.43. The summed E-state index contributed by atoms with van der Waals surface area (Å²) in [6.45, 7) is 2.47. The maximum atomic E-state index is 13.7. The Bertz CT molecular complexity index is 823. The van der Waals surface area contributed by atoms with Crippen molar-refractivity contribution in [3.05, 3.63) is 35.9 Å². The van der Waals surface area contributed by atoms with Crippen LogP contribution >= 0.6 is 12.2 Å². The molecule has 5 saturated carbocycles. The molecule has 0 saturated heterocycles. The van der Waals surface area contributed by atoms with Gasteiger partial charge in [-0.05, 0) is 73.7 Å². The summed E-state index contributed by atoms with van der Waals surface area (Å²) >= 11 is 6.26. The Hall–Kier alpha value is -1.46. The largest absolute Gasteiger partial charge is 0.351 e. The molecule has 0 heterocycles. The number of thiocarbonyl (C=S) groups is 1. The fourth-order valence-corrected chi connectivity index (χ4v) is 8.72. The topological polar surface area (TPSA) is 44.4 Å². The van der Waals surface area contributed by atoms with Gasteiger partial charge in [0.2, 0.25) is 5.91 Å². The molecule has 2 N–H and O–H groups in total. The van der Waals surface area contributed by atoms with Gasteiger partial charge in [-0.15, -0.1) is 0 Å². The Morgan fingerprint density at radius 1 is 1.06 bits per heavy atom. The van der Waals surface area contributed by atoms with E-state index in [4.69, 9.17) is 12.2 Å². The van der Waals surface area contributed by atoms with E-state index >= 15 is 0 Å². The molecule has 5 aliphatic carbocycles. The average Bonchev–Trinajstić information content (AvgIpc) is 2.77. The zero-order chi connectivity index (χ0) is 22.3. The van der Waals surface area contributed by atoms with Crippen molar-refractivity contribution in [1.29, 1.82) is 0 Å². The van der Waals surface area contributed by atoms with Crippen LogP contribution in [-0.2, 0) is 4.79 Å². The van der Waals surface area contributed by atoms with Gasteiger partial charge >= 0.3 is 0 Å². The molecule has 32 heavy (non-hydrogen) atoms. The lowest BCUT2D eigenvalue weighted by Crippen LogP contribution is -2.59. The molecule has 5 fully saturated rings. The number of rotatable bonds is 6. The Labute approximate surface area is 198 Å².